The molecule has 2 aliphatic rings. The normalized spacial score (nSPS) is 24.0. The quantitative estimate of drug-likeness (QED) is 0.880. The van der Waals surface area contributed by atoms with E-state index in [1.165, 1.54) is 7.11 Å². The largest absolute Gasteiger partial charge is 0.503 e. The van der Waals surface area contributed by atoms with Gasteiger partial charge in [-0.25, -0.2) is 0 Å². The topological polar surface area (TPSA) is 61.8 Å². The third kappa shape index (κ3) is 2.15. The fourth-order valence-corrected chi connectivity index (χ4v) is 3.65. The Kier molecular flexibility index (Phi) is 3.50. The van der Waals surface area contributed by atoms with E-state index < -0.39 is 5.54 Å². The van der Waals surface area contributed by atoms with Gasteiger partial charge in [-0.1, -0.05) is 24.4 Å². The summed E-state index contributed by atoms with van der Waals surface area (Å²) < 4.78 is 5.14. The third-order valence-corrected chi connectivity index (χ3v) is 4.86. The van der Waals surface area contributed by atoms with Crippen LogP contribution in [-0.2, 0) is 4.79 Å². The van der Waals surface area contributed by atoms with E-state index in [0.29, 0.717) is 5.75 Å². The van der Waals surface area contributed by atoms with Gasteiger partial charge in [0, 0.05) is 7.05 Å². The number of aromatic hydroxyl groups is 1. The lowest BCUT2D eigenvalue weighted by atomic mass is 9.98. The lowest BCUT2D eigenvalue weighted by Gasteiger charge is -2.22. The zero-order valence-electron chi connectivity index (χ0n) is 12.1. The number of carbonyl (C=O) groups is 1. The molecule has 1 saturated heterocycles. The van der Waals surface area contributed by atoms with Gasteiger partial charge in [0.2, 0.25) is 5.91 Å². The zero-order valence-corrected chi connectivity index (χ0v) is 12.9. The molecule has 5 nitrogen and oxygen atoms in total. The third-order valence-electron chi connectivity index (χ3n) is 4.57. The highest BCUT2D eigenvalue weighted by molar-refractivity contribution is 6.32. The number of rotatable bonds is 2. The molecular weight excluding hydrogens is 292 g/mol. The first-order valence-electron chi connectivity index (χ1n) is 7.10. The van der Waals surface area contributed by atoms with E-state index in [0.717, 1.165) is 31.2 Å². The van der Waals surface area contributed by atoms with E-state index in [9.17, 15) is 9.90 Å². The van der Waals surface area contributed by atoms with Gasteiger partial charge in [-0.15, -0.1) is 0 Å². The average molecular weight is 311 g/mol. The predicted molar refractivity (Wildman–Crippen MR) is 79.5 cm³/mol. The van der Waals surface area contributed by atoms with Crippen molar-refractivity contribution in [1.82, 2.24) is 10.2 Å². The molecule has 0 radical (unpaired) electrons. The molecule has 1 aromatic rings. The van der Waals surface area contributed by atoms with Crippen LogP contribution in [0.2, 0.25) is 5.02 Å². The Morgan fingerprint density at radius 2 is 2.10 bits per heavy atom. The van der Waals surface area contributed by atoms with Crippen molar-refractivity contribution in [2.24, 2.45) is 0 Å². The number of likely N-dealkylation sites (N-methyl/N-ethyl adjacent to an activating group) is 1. The van der Waals surface area contributed by atoms with Gasteiger partial charge in [0.15, 0.2) is 11.5 Å². The highest BCUT2D eigenvalue weighted by atomic mass is 35.5. The maximum absolute atomic E-state index is 12.6. The lowest BCUT2D eigenvalue weighted by Crippen LogP contribution is -2.43. The SMILES string of the molecule is COc1cc(C2NC3(CCCC3)C(=O)N2C)cc(Cl)c1O. The number of ether oxygens (including phenoxy) is 1. The minimum Gasteiger partial charge on any atom is -0.503 e. The second kappa shape index (κ2) is 5.07. The molecule has 1 saturated carbocycles. The number of benzene rings is 1. The zero-order chi connectivity index (χ0) is 15.2. The molecule has 1 spiro atoms. The van der Waals surface area contributed by atoms with Crippen LogP contribution in [0.15, 0.2) is 12.1 Å². The summed E-state index contributed by atoms with van der Waals surface area (Å²) in [6.07, 6.45) is 3.63. The first-order chi connectivity index (χ1) is 9.98. The van der Waals surface area contributed by atoms with Gasteiger partial charge in [0.05, 0.1) is 17.7 Å². The molecule has 1 aliphatic heterocycles. The minimum atomic E-state index is -0.434. The fraction of sp³-hybridized carbons (Fsp3) is 0.533. The first-order valence-corrected chi connectivity index (χ1v) is 7.48. The summed E-state index contributed by atoms with van der Waals surface area (Å²) in [4.78, 5) is 14.3. The monoisotopic (exact) mass is 310 g/mol. The van der Waals surface area contributed by atoms with Crippen molar-refractivity contribution in [3.05, 3.63) is 22.7 Å². The number of phenolic OH excluding ortho intramolecular Hbond substituents is 1. The highest BCUT2D eigenvalue weighted by Crippen LogP contribution is 2.43. The van der Waals surface area contributed by atoms with E-state index in [1.54, 1.807) is 24.1 Å². The molecule has 6 heteroatoms. The number of halogens is 1. The van der Waals surface area contributed by atoms with Gasteiger partial charge < -0.3 is 14.7 Å². The molecule has 0 aromatic heterocycles. The summed E-state index contributed by atoms with van der Waals surface area (Å²) in [5.41, 5.74) is 0.381. The lowest BCUT2D eigenvalue weighted by molar-refractivity contribution is -0.132. The molecule has 114 valence electrons. The molecule has 1 amide bonds. The van der Waals surface area contributed by atoms with E-state index >= 15 is 0 Å². The molecule has 0 bridgehead atoms. The summed E-state index contributed by atoms with van der Waals surface area (Å²) in [6, 6.07) is 3.39. The first kappa shape index (κ1) is 14.5. The molecule has 2 fully saturated rings. The maximum Gasteiger partial charge on any atom is 0.244 e. The Balaban J connectivity index is 1.98. The number of phenols is 1. The van der Waals surface area contributed by atoms with E-state index in [2.05, 4.69) is 5.32 Å². The maximum atomic E-state index is 12.6. The Morgan fingerprint density at radius 3 is 2.71 bits per heavy atom. The number of hydrogen-bond acceptors (Lipinski definition) is 4. The summed E-state index contributed by atoms with van der Waals surface area (Å²) in [7, 11) is 3.27. The van der Waals surface area contributed by atoms with Crippen molar-refractivity contribution in [3.8, 4) is 11.5 Å². The second-order valence-electron chi connectivity index (χ2n) is 5.81. The Bertz CT molecular complexity index is 585. The molecule has 1 unspecified atom stereocenters. The summed E-state index contributed by atoms with van der Waals surface area (Å²) >= 11 is 6.05. The number of nitrogens with one attached hydrogen (secondary N) is 1. The van der Waals surface area contributed by atoms with Crippen molar-refractivity contribution in [2.45, 2.75) is 37.4 Å². The minimum absolute atomic E-state index is 0.0783. The number of methoxy groups -OCH3 is 1. The molecule has 1 heterocycles. The van der Waals surface area contributed by atoms with Crippen LogP contribution in [0.5, 0.6) is 11.5 Å². The van der Waals surface area contributed by atoms with Crippen molar-refractivity contribution < 1.29 is 14.6 Å². The molecule has 1 aromatic carbocycles. The highest BCUT2D eigenvalue weighted by Gasteiger charge is 2.51. The molecular formula is C15H19ClN2O3. The van der Waals surface area contributed by atoms with Crippen LogP contribution in [-0.4, -0.2) is 35.6 Å². The van der Waals surface area contributed by atoms with Gasteiger partial charge >= 0.3 is 0 Å². The van der Waals surface area contributed by atoms with Crippen molar-refractivity contribution in [3.63, 3.8) is 0 Å². The summed E-state index contributed by atoms with van der Waals surface area (Å²) in [5.74, 6) is 0.367. The van der Waals surface area contributed by atoms with Crippen LogP contribution >= 0.6 is 11.6 Å². The summed E-state index contributed by atoms with van der Waals surface area (Å²) in [5, 5.41) is 13.5. The number of hydrogen-bond donors (Lipinski definition) is 2. The average Bonchev–Trinajstić information content (AvgIpc) is 3.04. The van der Waals surface area contributed by atoms with Crippen LogP contribution < -0.4 is 10.1 Å². The smallest absolute Gasteiger partial charge is 0.244 e. The molecule has 3 rings (SSSR count). The predicted octanol–water partition coefficient (Wildman–Crippen LogP) is 2.43. The van der Waals surface area contributed by atoms with Gasteiger partial charge in [0.25, 0.3) is 0 Å². The Hall–Kier alpha value is -1.46. The standard InChI is InChI=1S/C15H19ClN2O3/c1-18-13(17-15(14(18)20)5-3-4-6-15)9-7-10(16)12(19)11(8-9)21-2/h7-8,13,17,19H,3-6H2,1-2H3. The van der Waals surface area contributed by atoms with E-state index in [1.807, 2.05) is 0 Å². The molecule has 21 heavy (non-hydrogen) atoms. The van der Waals surface area contributed by atoms with Crippen LogP contribution in [0.4, 0.5) is 0 Å². The molecule has 2 N–H and O–H groups in total. The van der Waals surface area contributed by atoms with E-state index in [-0.39, 0.29) is 22.8 Å². The number of nitrogens with zero attached hydrogens (tertiary/aromatic N) is 1. The van der Waals surface area contributed by atoms with Gasteiger partial charge in [-0.3, -0.25) is 10.1 Å². The van der Waals surface area contributed by atoms with Crippen LogP contribution in [0.3, 0.4) is 0 Å². The molecule has 1 atom stereocenters. The van der Waals surface area contributed by atoms with Gasteiger partial charge in [-0.2, -0.15) is 0 Å². The van der Waals surface area contributed by atoms with Crippen molar-refractivity contribution in [2.75, 3.05) is 14.2 Å². The van der Waals surface area contributed by atoms with Gasteiger partial charge in [-0.05, 0) is 30.5 Å². The van der Waals surface area contributed by atoms with Gasteiger partial charge in [0.1, 0.15) is 6.17 Å². The number of carbonyl (C=O) groups excluding carboxylic acids is 1. The van der Waals surface area contributed by atoms with Crippen molar-refractivity contribution >= 4 is 17.5 Å². The van der Waals surface area contributed by atoms with Crippen LogP contribution in [0.25, 0.3) is 0 Å². The fourth-order valence-electron chi connectivity index (χ4n) is 3.43. The Labute approximate surface area is 128 Å². The Morgan fingerprint density at radius 1 is 1.43 bits per heavy atom. The van der Waals surface area contributed by atoms with Crippen molar-refractivity contribution in [1.29, 1.82) is 0 Å². The van der Waals surface area contributed by atoms with E-state index in [4.69, 9.17) is 16.3 Å². The van der Waals surface area contributed by atoms with Crippen LogP contribution in [0.1, 0.15) is 37.4 Å². The van der Waals surface area contributed by atoms with Crippen LogP contribution in [0, 0.1) is 0 Å². The summed E-state index contributed by atoms with van der Waals surface area (Å²) in [6.45, 7) is 0. The molecule has 1 aliphatic carbocycles. The second-order valence-corrected chi connectivity index (χ2v) is 6.21. The number of amides is 1.